The summed E-state index contributed by atoms with van der Waals surface area (Å²) in [5.41, 5.74) is 2.81. The van der Waals surface area contributed by atoms with E-state index in [1.165, 1.54) is 10.1 Å². The quantitative estimate of drug-likeness (QED) is 0.730. The SMILES string of the molecule is Cc1ccc(Cn2c(-c3ccccn3)noc2=O)cc1. The molecule has 0 aliphatic heterocycles. The van der Waals surface area contributed by atoms with Gasteiger partial charge in [0.25, 0.3) is 0 Å². The molecule has 0 aliphatic rings. The average Bonchev–Trinajstić information content (AvgIpc) is 2.84. The number of hydrogen-bond donors (Lipinski definition) is 0. The van der Waals surface area contributed by atoms with Crippen molar-refractivity contribution in [3.63, 3.8) is 0 Å². The first-order chi connectivity index (χ1) is 9.74. The average molecular weight is 267 g/mol. The Balaban J connectivity index is 2.00. The molecule has 0 unspecified atom stereocenters. The fraction of sp³-hybridized carbons (Fsp3) is 0.133. The number of hydrogen-bond acceptors (Lipinski definition) is 4. The normalized spacial score (nSPS) is 10.7. The van der Waals surface area contributed by atoms with Gasteiger partial charge in [-0.1, -0.05) is 41.1 Å². The summed E-state index contributed by atoms with van der Waals surface area (Å²) >= 11 is 0. The predicted molar refractivity (Wildman–Crippen MR) is 74.3 cm³/mol. The first kappa shape index (κ1) is 12.3. The molecule has 100 valence electrons. The van der Waals surface area contributed by atoms with Crippen LogP contribution in [0.15, 0.2) is 58.0 Å². The van der Waals surface area contributed by atoms with Crippen LogP contribution < -0.4 is 5.76 Å². The highest BCUT2D eigenvalue weighted by Gasteiger charge is 2.13. The summed E-state index contributed by atoms with van der Waals surface area (Å²) in [6.07, 6.45) is 1.66. The molecule has 0 saturated heterocycles. The Morgan fingerprint density at radius 1 is 1.15 bits per heavy atom. The minimum atomic E-state index is -0.480. The molecule has 1 aromatic carbocycles. The Morgan fingerprint density at radius 3 is 2.65 bits per heavy atom. The standard InChI is InChI=1S/C15H13N3O2/c1-11-5-7-12(8-6-11)10-18-14(17-20-15(18)19)13-4-2-3-9-16-13/h2-9H,10H2,1H3. The summed E-state index contributed by atoms with van der Waals surface area (Å²) in [5, 5.41) is 3.81. The second kappa shape index (κ2) is 5.13. The zero-order chi connectivity index (χ0) is 13.9. The maximum atomic E-state index is 11.8. The number of aromatic nitrogens is 3. The van der Waals surface area contributed by atoms with Crippen molar-refractivity contribution in [1.29, 1.82) is 0 Å². The third kappa shape index (κ3) is 2.38. The van der Waals surface area contributed by atoms with Crippen molar-refractivity contribution in [2.75, 3.05) is 0 Å². The van der Waals surface area contributed by atoms with Crippen LogP contribution in [0.2, 0.25) is 0 Å². The Kier molecular flexibility index (Phi) is 3.16. The van der Waals surface area contributed by atoms with Crippen LogP contribution >= 0.6 is 0 Å². The van der Waals surface area contributed by atoms with Gasteiger partial charge in [0, 0.05) is 6.20 Å². The molecule has 0 atom stereocenters. The van der Waals surface area contributed by atoms with Crippen molar-refractivity contribution in [2.24, 2.45) is 0 Å². The first-order valence-corrected chi connectivity index (χ1v) is 6.27. The molecule has 0 radical (unpaired) electrons. The van der Waals surface area contributed by atoms with E-state index in [2.05, 4.69) is 10.1 Å². The van der Waals surface area contributed by atoms with Gasteiger partial charge in [0.05, 0.1) is 6.54 Å². The van der Waals surface area contributed by atoms with E-state index in [0.717, 1.165) is 5.56 Å². The number of nitrogens with zero attached hydrogens (tertiary/aromatic N) is 3. The predicted octanol–water partition coefficient (Wildman–Crippen LogP) is 2.26. The Morgan fingerprint density at radius 2 is 1.95 bits per heavy atom. The summed E-state index contributed by atoms with van der Waals surface area (Å²) in [7, 11) is 0. The zero-order valence-electron chi connectivity index (χ0n) is 11.0. The van der Waals surface area contributed by atoms with Gasteiger partial charge < -0.3 is 0 Å². The van der Waals surface area contributed by atoms with Gasteiger partial charge in [0.2, 0.25) is 5.82 Å². The molecule has 0 saturated carbocycles. The van der Waals surface area contributed by atoms with Crippen molar-refractivity contribution < 1.29 is 4.52 Å². The Bertz CT molecular complexity index is 758. The molecule has 0 spiro atoms. The van der Waals surface area contributed by atoms with Crippen LogP contribution in [0.3, 0.4) is 0 Å². The van der Waals surface area contributed by atoms with Gasteiger partial charge in [0.1, 0.15) is 5.69 Å². The fourth-order valence-corrected chi connectivity index (χ4v) is 1.96. The van der Waals surface area contributed by atoms with Crippen molar-refractivity contribution in [3.05, 3.63) is 70.3 Å². The van der Waals surface area contributed by atoms with Crippen molar-refractivity contribution in [2.45, 2.75) is 13.5 Å². The van der Waals surface area contributed by atoms with Gasteiger partial charge in [-0.2, -0.15) is 0 Å². The molecule has 0 amide bonds. The van der Waals surface area contributed by atoms with E-state index in [9.17, 15) is 4.79 Å². The smallest absolute Gasteiger partial charge is 0.295 e. The highest BCUT2D eigenvalue weighted by molar-refractivity contribution is 5.48. The van der Waals surface area contributed by atoms with Crippen LogP contribution in [0.25, 0.3) is 11.5 Å². The van der Waals surface area contributed by atoms with Crippen LogP contribution in [0, 0.1) is 6.92 Å². The molecule has 2 aromatic heterocycles. The van der Waals surface area contributed by atoms with E-state index in [4.69, 9.17) is 4.52 Å². The van der Waals surface area contributed by atoms with Crippen molar-refractivity contribution >= 4 is 0 Å². The monoisotopic (exact) mass is 267 g/mol. The lowest BCUT2D eigenvalue weighted by Crippen LogP contribution is -2.16. The van der Waals surface area contributed by atoms with Crippen molar-refractivity contribution in [3.8, 4) is 11.5 Å². The molecule has 3 rings (SSSR count). The van der Waals surface area contributed by atoms with E-state index < -0.39 is 5.76 Å². The van der Waals surface area contributed by atoms with Gasteiger partial charge in [0.15, 0.2) is 0 Å². The highest BCUT2D eigenvalue weighted by Crippen LogP contribution is 2.14. The van der Waals surface area contributed by atoms with E-state index in [-0.39, 0.29) is 0 Å². The maximum absolute atomic E-state index is 11.8. The molecule has 5 nitrogen and oxygen atoms in total. The summed E-state index contributed by atoms with van der Waals surface area (Å²) in [6, 6.07) is 13.4. The topological polar surface area (TPSA) is 60.9 Å². The molecular formula is C15H13N3O2. The van der Waals surface area contributed by atoms with Gasteiger partial charge in [-0.3, -0.25) is 14.1 Å². The zero-order valence-corrected chi connectivity index (χ0v) is 11.0. The van der Waals surface area contributed by atoms with Crippen LogP contribution in [0.5, 0.6) is 0 Å². The molecule has 0 bridgehead atoms. The minimum Gasteiger partial charge on any atom is -0.295 e. The number of pyridine rings is 1. The summed E-state index contributed by atoms with van der Waals surface area (Å²) in [4.78, 5) is 16.0. The molecule has 0 aliphatic carbocycles. The lowest BCUT2D eigenvalue weighted by Gasteiger charge is -2.04. The van der Waals surface area contributed by atoms with Crippen LogP contribution in [0.1, 0.15) is 11.1 Å². The highest BCUT2D eigenvalue weighted by atomic mass is 16.5. The maximum Gasteiger partial charge on any atom is 0.442 e. The third-order valence-corrected chi connectivity index (χ3v) is 3.04. The van der Waals surface area contributed by atoms with Crippen LogP contribution in [0.4, 0.5) is 0 Å². The molecule has 3 aromatic rings. The number of benzene rings is 1. The summed E-state index contributed by atoms with van der Waals surface area (Å²) < 4.78 is 6.24. The molecule has 20 heavy (non-hydrogen) atoms. The van der Waals surface area contributed by atoms with Crippen LogP contribution in [-0.4, -0.2) is 14.7 Å². The van der Waals surface area contributed by atoms with E-state index in [1.54, 1.807) is 12.3 Å². The molecule has 0 N–H and O–H groups in total. The largest absolute Gasteiger partial charge is 0.442 e. The first-order valence-electron chi connectivity index (χ1n) is 6.27. The Hall–Kier alpha value is -2.69. The van der Waals surface area contributed by atoms with Crippen molar-refractivity contribution in [1.82, 2.24) is 14.7 Å². The Labute approximate surface area is 115 Å². The summed E-state index contributed by atoms with van der Waals surface area (Å²) in [5.74, 6) is -0.0394. The lowest BCUT2D eigenvalue weighted by atomic mass is 10.1. The molecular weight excluding hydrogens is 254 g/mol. The van der Waals surface area contributed by atoms with Gasteiger partial charge in [-0.25, -0.2) is 4.79 Å². The van der Waals surface area contributed by atoms with E-state index in [1.807, 2.05) is 43.3 Å². The molecule has 5 heteroatoms. The van der Waals surface area contributed by atoms with Crippen LogP contribution in [-0.2, 0) is 6.54 Å². The number of rotatable bonds is 3. The van der Waals surface area contributed by atoms with E-state index in [0.29, 0.717) is 18.1 Å². The second-order valence-corrected chi connectivity index (χ2v) is 4.56. The lowest BCUT2D eigenvalue weighted by molar-refractivity contribution is 0.378. The third-order valence-electron chi connectivity index (χ3n) is 3.04. The van der Waals surface area contributed by atoms with E-state index >= 15 is 0 Å². The molecule has 2 heterocycles. The van der Waals surface area contributed by atoms with Gasteiger partial charge in [-0.15, -0.1) is 0 Å². The summed E-state index contributed by atoms with van der Waals surface area (Å²) in [6.45, 7) is 2.43. The molecule has 0 fully saturated rings. The fourth-order valence-electron chi connectivity index (χ4n) is 1.96. The van der Waals surface area contributed by atoms with Gasteiger partial charge >= 0.3 is 5.76 Å². The minimum absolute atomic E-state index is 0.411. The van der Waals surface area contributed by atoms with Gasteiger partial charge in [-0.05, 0) is 24.6 Å². The number of aryl methyl sites for hydroxylation is 1. The second-order valence-electron chi connectivity index (χ2n) is 4.56.